The molecule has 3 aliphatic rings. The number of nitrogen functional groups attached to an aromatic ring is 1. The molecule has 0 unspecified atom stereocenters. The van der Waals surface area contributed by atoms with Gasteiger partial charge in [0.1, 0.15) is 0 Å². The number of nitrogens with two attached hydrogens (primary N) is 1. The first-order valence-corrected chi connectivity index (χ1v) is 20.5. The number of carbonyl (C=O) groups is 2. The van der Waals surface area contributed by atoms with E-state index >= 15 is 0 Å². The van der Waals surface area contributed by atoms with Crippen LogP contribution < -0.4 is 16.4 Å². The number of likely N-dealkylation sites (tertiary alicyclic amines) is 2. The molecule has 3 fully saturated rings. The van der Waals surface area contributed by atoms with Gasteiger partial charge in [0.25, 0.3) is 0 Å². The van der Waals surface area contributed by atoms with Gasteiger partial charge in [0.05, 0.1) is 30.2 Å². The number of unbranched alkanes of at least 4 members (excludes halogenated alkanes) is 1. The molecule has 0 aromatic heterocycles. The van der Waals surface area contributed by atoms with Crippen LogP contribution in [0.3, 0.4) is 0 Å². The Morgan fingerprint density at radius 3 is 2.29 bits per heavy atom. The molecule has 296 valence electrons. The number of amides is 2. The number of anilines is 2. The highest BCUT2D eigenvalue weighted by Crippen LogP contribution is 2.40. The number of aliphatic hydroxyl groups is 1. The Hall–Kier alpha value is -4.58. The summed E-state index contributed by atoms with van der Waals surface area (Å²) < 4.78 is 13.6. The van der Waals surface area contributed by atoms with E-state index in [-0.39, 0.29) is 30.6 Å². The molecule has 3 heterocycles. The average Bonchev–Trinajstić information content (AvgIpc) is 3.92. The van der Waals surface area contributed by atoms with Crippen molar-refractivity contribution in [2.75, 3.05) is 43.8 Å². The topological polar surface area (TPSA) is 129 Å². The van der Waals surface area contributed by atoms with E-state index < -0.39 is 6.29 Å². The van der Waals surface area contributed by atoms with Crippen LogP contribution >= 0.6 is 0 Å². The lowest BCUT2D eigenvalue weighted by molar-refractivity contribution is -0.253. The highest BCUT2D eigenvalue weighted by atomic mass is 16.7. The van der Waals surface area contributed by atoms with Gasteiger partial charge in [-0.25, -0.2) is 0 Å². The molecular formula is C46H57N5O5. The van der Waals surface area contributed by atoms with Crippen molar-refractivity contribution < 1.29 is 24.2 Å². The van der Waals surface area contributed by atoms with Crippen molar-refractivity contribution in [1.82, 2.24) is 15.1 Å². The van der Waals surface area contributed by atoms with Gasteiger partial charge in [-0.3, -0.25) is 14.5 Å². The van der Waals surface area contributed by atoms with Crippen molar-refractivity contribution in [2.45, 2.75) is 95.5 Å². The second-order valence-corrected chi connectivity index (χ2v) is 15.6. The molecule has 5 N–H and O–H groups in total. The quantitative estimate of drug-likeness (QED) is 0.0690. The smallest absolute Gasteiger partial charge is 0.224 e. The molecule has 4 aromatic rings. The summed E-state index contributed by atoms with van der Waals surface area (Å²) in [5, 5.41) is 15.5. The summed E-state index contributed by atoms with van der Waals surface area (Å²) in [7, 11) is 0. The zero-order valence-corrected chi connectivity index (χ0v) is 32.4. The zero-order valence-electron chi connectivity index (χ0n) is 32.4. The predicted octanol–water partition coefficient (Wildman–Crippen LogP) is 7.35. The largest absolute Gasteiger partial charge is 0.397 e. The van der Waals surface area contributed by atoms with Gasteiger partial charge in [-0.1, -0.05) is 72.8 Å². The molecular weight excluding hydrogens is 703 g/mol. The first-order chi connectivity index (χ1) is 27.4. The van der Waals surface area contributed by atoms with Crippen LogP contribution in [0.15, 0.2) is 97.1 Å². The van der Waals surface area contributed by atoms with E-state index in [2.05, 4.69) is 69.0 Å². The average molecular weight is 760 g/mol. The van der Waals surface area contributed by atoms with E-state index in [1.165, 1.54) is 38.8 Å². The molecule has 0 aliphatic carbocycles. The fourth-order valence-corrected chi connectivity index (χ4v) is 8.31. The van der Waals surface area contributed by atoms with Crippen molar-refractivity contribution in [2.24, 2.45) is 0 Å². The minimum absolute atomic E-state index is 0.0110. The fraction of sp³-hybridized carbons (Fsp3) is 0.435. The molecule has 0 spiro atoms. The number of rotatable bonds is 16. The SMILES string of the molecule is Nc1ccccc1NC(=O)CCCCC(=O)NCc1cccc(-c2cccc([C@H]3O[C@@H](CN4CCC[C@H]4CN4CCCC4)C[C@@H](c4ccc(CO)cc4)O3)c2)c1. The first-order valence-electron chi connectivity index (χ1n) is 20.5. The molecule has 3 aliphatic heterocycles. The third kappa shape index (κ3) is 10.8. The standard InChI is InChI=1S/C46H57N5O5/c47-41-15-1-2-16-42(41)49-45(54)18-4-3-17-44(53)48-29-34-10-7-11-36(26-34)37-12-8-13-38(27-37)46-55-40(28-43(56-46)35-21-19-33(32-52)20-22-35)31-51-25-9-14-39(51)30-50-23-5-6-24-50/h1-2,7-8,10-13,15-16,19-22,26-27,39-40,43,46,52H,3-6,9,14,17-18,23-25,28-32,47H2,(H,48,53)(H,49,54)/t39-,40+,43-,46-/m0/s1. The van der Waals surface area contributed by atoms with Gasteiger partial charge in [-0.2, -0.15) is 0 Å². The molecule has 0 bridgehead atoms. The van der Waals surface area contributed by atoms with Crippen molar-refractivity contribution >= 4 is 23.2 Å². The second-order valence-electron chi connectivity index (χ2n) is 15.6. The second kappa shape index (κ2) is 19.5. The Bertz CT molecular complexity index is 1900. The molecule has 10 heteroatoms. The molecule has 2 amide bonds. The molecule has 3 saturated heterocycles. The van der Waals surface area contributed by atoms with E-state index in [1.54, 1.807) is 12.1 Å². The maximum atomic E-state index is 12.7. The summed E-state index contributed by atoms with van der Waals surface area (Å²) in [6, 6.07) is 32.5. The Morgan fingerprint density at radius 1 is 0.750 bits per heavy atom. The molecule has 0 saturated carbocycles. The fourth-order valence-electron chi connectivity index (χ4n) is 8.31. The summed E-state index contributed by atoms with van der Waals surface area (Å²) >= 11 is 0. The third-order valence-corrected chi connectivity index (χ3v) is 11.4. The highest BCUT2D eigenvalue weighted by Gasteiger charge is 2.36. The van der Waals surface area contributed by atoms with E-state index in [4.69, 9.17) is 15.2 Å². The molecule has 10 nitrogen and oxygen atoms in total. The summed E-state index contributed by atoms with van der Waals surface area (Å²) in [4.78, 5) is 30.3. The number of hydrogen-bond donors (Lipinski definition) is 4. The number of aliphatic hydroxyl groups excluding tert-OH is 1. The van der Waals surface area contributed by atoms with Crippen LogP contribution in [0.2, 0.25) is 0 Å². The first kappa shape index (κ1) is 39.6. The Balaban J connectivity index is 0.960. The van der Waals surface area contributed by atoms with Gasteiger partial charge >= 0.3 is 0 Å². The van der Waals surface area contributed by atoms with E-state index in [9.17, 15) is 14.7 Å². The van der Waals surface area contributed by atoms with Gasteiger partial charge in [0.15, 0.2) is 6.29 Å². The van der Waals surface area contributed by atoms with Crippen molar-refractivity contribution in [3.8, 4) is 11.1 Å². The third-order valence-electron chi connectivity index (χ3n) is 11.4. The minimum Gasteiger partial charge on any atom is -0.397 e. The number of nitrogens with zero attached hydrogens (tertiary/aromatic N) is 2. The Labute approximate surface area is 331 Å². The van der Waals surface area contributed by atoms with Gasteiger partial charge in [0.2, 0.25) is 11.8 Å². The van der Waals surface area contributed by atoms with Crippen molar-refractivity contribution in [3.63, 3.8) is 0 Å². The lowest BCUT2D eigenvalue weighted by Gasteiger charge is -2.39. The van der Waals surface area contributed by atoms with Gasteiger partial charge in [-0.05, 0) is 110 Å². The monoisotopic (exact) mass is 759 g/mol. The summed E-state index contributed by atoms with van der Waals surface area (Å²) in [6.07, 6.45) is 7.14. The van der Waals surface area contributed by atoms with E-state index in [0.29, 0.717) is 49.6 Å². The molecule has 56 heavy (non-hydrogen) atoms. The summed E-state index contributed by atoms with van der Waals surface area (Å²) in [5.41, 5.74) is 13.1. The predicted molar refractivity (Wildman–Crippen MR) is 220 cm³/mol. The van der Waals surface area contributed by atoms with Crippen LogP contribution in [0.1, 0.15) is 92.4 Å². The number of hydrogen-bond acceptors (Lipinski definition) is 8. The maximum Gasteiger partial charge on any atom is 0.224 e. The van der Waals surface area contributed by atoms with Crippen LogP contribution in [-0.2, 0) is 32.2 Å². The normalized spacial score (nSPS) is 21.6. The Morgan fingerprint density at radius 2 is 1.50 bits per heavy atom. The minimum atomic E-state index is -0.527. The van der Waals surface area contributed by atoms with Gasteiger partial charge in [0, 0.05) is 50.5 Å². The highest BCUT2D eigenvalue weighted by molar-refractivity contribution is 5.93. The van der Waals surface area contributed by atoms with Gasteiger partial charge < -0.3 is 35.8 Å². The number of carbonyl (C=O) groups excluding carboxylic acids is 2. The van der Waals surface area contributed by atoms with Crippen LogP contribution in [-0.4, -0.2) is 71.6 Å². The lowest BCUT2D eigenvalue weighted by atomic mass is 9.98. The zero-order chi connectivity index (χ0) is 38.7. The van der Waals surface area contributed by atoms with E-state index in [1.807, 2.05) is 36.4 Å². The van der Waals surface area contributed by atoms with Crippen molar-refractivity contribution in [3.05, 3.63) is 119 Å². The molecule has 4 atom stereocenters. The van der Waals surface area contributed by atoms with E-state index in [0.717, 1.165) is 59.4 Å². The van der Waals surface area contributed by atoms with Crippen LogP contribution in [0.4, 0.5) is 11.4 Å². The molecule has 0 radical (unpaired) electrons. The number of nitrogens with one attached hydrogen (secondary N) is 2. The Kier molecular flexibility index (Phi) is 13.8. The number of para-hydroxylation sites is 2. The van der Waals surface area contributed by atoms with Gasteiger partial charge in [-0.15, -0.1) is 0 Å². The number of benzene rings is 4. The van der Waals surface area contributed by atoms with Crippen LogP contribution in [0, 0.1) is 0 Å². The molecule has 7 rings (SSSR count). The molecule has 4 aromatic carbocycles. The van der Waals surface area contributed by atoms with Crippen LogP contribution in [0.25, 0.3) is 11.1 Å². The maximum absolute atomic E-state index is 12.7. The number of ether oxygens (including phenoxy) is 2. The lowest BCUT2D eigenvalue weighted by Crippen LogP contribution is -2.45. The van der Waals surface area contributed by atoms with Crippen molar-refractivity contribution in [1.29, 1.82) is 0 Å². The van der Waals surface area contributed by atoms with Crippen LogP contribution in [0.5, 0.6) is 0 Å². The summed E-state index contributed by atoms with van der Waals surface area (Å²) in [5.74, 6) is -0.148. The summed E-state index contributed by atoms with van der Waals surface area (Å²) in [6.45, 7) is 6.01.